The number of nitrogens with zero attached hydrogens (tertiary/aromatic N) is 2. The predicted octanol–water partition coefficient (Wildman–Crippen LogP) is 2.26. The first-order valence-electron chi connectivity index (χ1n) is 10.1. The molecule has 10 nitrogen and oxygen atoms in total. The third kappa shape index (κ3) is 8.15. The molecule has 0 spiro atoms. The summed E-state index contributed by atoms with van der Waals surface area (Å²) in [4.78, 5) is 23.9. The van der Waals surface area contributed by atoms with E-state index in [1.54, 1.807) is 11.8 Å². The van der Waals surface area contributed by atoms with Crippen molar-refractivity contribution in [2.24, 2.45) is 0 Å². The van der Waals surface area contributed by atoms with Crippen molar-refractivity contribution >= 4 is 62.0 Å². The molecule has 13 heteroatoms. The SMILES string of the molecule is N=C(CCSCCc1nnc(NC(=O)C2CCCO2)s1)SC(=N)NC(=O)C1CCCO1. The van der Waals surface area contributed by atoms with Crippen LogP contribution in [0, 0.1) is 10.8 Å². The van der Waals surface area contributed by atoms with E-state index < -0.39 is 6.10 Å². The smallest absolute Gasteiger partial charge is 0.255 e. The summed E-state index contributed by atoms with van der Waals surface area (Å²) in [5, 5.41) is 30.8. The number of ether oxygens (including phenoxy) is 2. The van der Waals surface area contributed by atoms with Gasteiger partial charge in [-0.3, -0.25) is 25.7 Å². The predicted molar refractivity (Wildman–Crippen MR) is 123 cm³/mol. The fourth-order valence-corrected chi connectivity index (χ4v) is 5.47. The lowest BCUT2D eigenvalue weighted by Crippen LogP contribution is -2.37. The highest BCUT2D eigenvalue weighted by molar-refractivity contribution is 8.26. The third-order valence-electron chi connectivity index (χ3n) is 4.54. The highest BCUT2D eigenvalue weighted by Gasteiger charge is 2.25. The van der Waals surface area contributed by atoms with Crippen LogP contribution in [0.25, 0.3) is 0 Å². The van der Waals surface area contributed by atoms with Crippen LogP contribution in [-0.2, 0) is 25.5 Å². The number of hydrogen-bond donors (Lipinski definition) is 4. The third-order valence-corrected chi connectivity index (χ3v) is 7.18. The second kappa shape index (κ2) is 12.5. The molecule has 2 amide bonds. The molecule has 0 bridgehead atoms. The van der Waals surface area contributed by atoms with Crippen LogP contribution in [-0.4, -0.2) is 69.2 Å². The van der Waals surface area contributed by atoms with Gasteiger partial charge in [0.25, 0.3) is 11.8 Å². The maximum absolute atomic E-state index is 12.0. The summed E-state index contributed by atoms with van der Waals surface area (Å²) in [6.07, 6.45) is 3.56. The molecule has 2 aliphatic heterocycles. The first-order chi connectivity index (χ1) is 15.0. The van der Waals surface area contributed by atoms with E-state index in [2.05, 4.69) is 20.8 Å². The molecule has 0 aliphatic carbocycles. The number of hydrogen-bond acceptors (Lipinski definition) is 11. The average Bonchev–Trinajstić information content (AvgIpc) is 3.50. The quantitative estimate of drug-likeness (QED) is 0.236. The van der Waals surface area contributed by atoms with E-state index in [-0.39, 0.29) is 23.1 Å². The van der Waals surface area contributed by atoms with Gasteiger partial charge >= 0.3 is 0 Å². The van der Waals surface area contributed by atoms with Gasteiger partial charge in [0, 0.05) is 26.1 Å². The summed E-state index contributed by atoms with van der Waals surface area (Å²) in [6.45, 7) is 1.20. The Labute approximate surface area is 193 Å². The summed E-state index contributed by atoms with van der Waals surface area (Å²) in [6, 6.07) is 0. The molecule has 2 saturated heterocycles. The molecule has 3 heterocycles. The molecule has 4 N–H and O–H groups in total. The number of thioether (sulfide) groups is 2. The van der Waals surface area contributed by atoms with Crippen molar-refractivity contribution < 1.29 is 19.1 Å². The van der Waals surface area contributed by atoms with Crippen LogP contribution in [0.15, 0.2) is 0 Å². The Hall–Kier alpha value is -1.54. The van der Waals surface area contributed by atoms with Gasteiger partial charge in [0.15, 0.2) is 5.17 Å². The van der Waals surface area contributed by atoms with Crippen molar-refractivity contribution in [2.75, 3.05) is 30.0 Å². The van der Waals surface area contributed by atoms with Gasteiger partial charge in [0.05, 0.1) is 5.04 Å². The van der Waals surface area contributed by atoms with Crippen LogP contribution in [0.4, 0.5) is 5.13 Å². The van der Waals surface area contributed by atoms with Gasteiger partial charge < -0.3 is 14.8 Å². The van der Waals surface area contributed by atoms with Crippen molar-refractivity contribution in [3.05, 3.63) is 5.01 Å². The topological polar surface area (TPSA) is 150 Å². The Bertz CT molecular complexity index is 793. The van der Waals surface area contributed by atoms with E-state index in [0.717, 1.165) is 54.0 Å². The molecule has 1 aromatic rings. The van der Waals surface area contributed by atoms with Gasteiger partial charge in [-0.15, -0.1) is 10.2 Å². The molecule has 0 aromatic carbocycles. The number of rotatable bonds is 9. The molecular weight excluding hydrogens is 460 g/mol. The summed E-state index contributed by atoms with van der Waals surface area (Å²) in [7, 11) is 0. The average molecular weight is 487 g/mol. The molecule has 1 aromatic heterocycles. The highest BCUT2D eigenvalue weighted by atomic mass is 32.2. The molecule has 2 aliphatic rings. The van der Waals surface area contributed by atoms with Crippen LogP contribution >= 0.6 is 34.9 Å². The molecule has 31 heavy (non-hydrogen) atoms. The van der Waals surface area contributed by atoms with E-state index in [4.69, 9.17) is 20.3 Å². The lowest BCUT2D eigenvalue weighted by Gasteiger charge is -2.11. The van der Waals surface area contributed by atoms with Gasteiger partial charge in [-0.1, -0.05) is 11.3 Å². The Balaban J connectivity index is 1.25. The van der Waals surface area contributed by atoms with Gasteiger partial charge in [0.1, 0.15) is 17.2 Å². The number of carbonyl (C=O) groups is 2. The van der Waals surface area contributed by atoms with E-state index in [1.807, 2.05) is 0 Å². The maximum Gasteiger partial charge on any atom is 0.255 e. The number of aryl methyl sites for hydroxylation is 1. The van der Waals surface area contributed by atoms with Crippen LogP contribution in [0.5, 0.6) is 0 Å². The fourth-order valence-electron chi connectivity index (χ4n) is 2.98. The number of carbonyl (C=O) groups excluding carboxylic acids is 2. The summed E-state index contributed by atoms with van der Waals surface area (Å²) in [5.74, 6) is 1.09. The molecule has 3 rings (SSSR count). The number of nitrogens with one attached hydrogen (secondary N) is 4. The Kier molecular flexibility index (Phi) is 9.71. The zero-order valence-corrected chi connectivity index (χ0v) is 19.4. The maximum atomic E-state index is 12.0. The first-order valence-corrected chi connectivity index (χ1v) is 12.9. The van der Waals surface area contributed by atoms with Crippen molar-refractivity contribution in [2.45, 2.75) is 50.7 Å². The monoisotopic (exact) mass is 486 g/mol. The molecule has 0 radical (unpaired) electrons. The van der Waals surface area contributed by atoms with Gasteiger partial charge in [-0.2, -0.15) is 11.8 Å². The minimum atomic E-state index is -0.476. The number of amides is 2. The number of anilines is 1. The van der Waals surface area contributed by atoms with Crippen LogP contribution < -0.4 is 10.6 Å². The zero-order chi connectivity index (χ0) is 22.1. The minimum Gasteiger partial charge on any atom is -0.368 e. The Morgan fingerprint density at radius 2 is 1.77 bits per heavy atom. The lowest BCUT2D eigenvalue weighted by molar-refractivity contribution is -0.128. The largest absolute Gasteiger partial charge is 0.368 e. The minimum absolute atomic E-state index is 0.0399. The van der Waals surface area contributed by atoms with Gasteiger partial charge in [-0.05, 0) is 49.0 Å². The van der Waals surface area contributed by atoms with Crippen LogP contribution in [0.1, 0.15) is 37.1 Å². The summed E-state index contributed by atoms with van der Waals surface area (Å²) in [5.41, 5.74) is 0. The van der Waals surface area contributed by atoms with Crippen molar-refractivity contribution in [1.82, 2.24) is 15.5 Å². The van der Waals surface area contributed by atoms with E-state index in [0.29, 0.717) is 36.2 Å². The molecular formula is C18H26N6O4S3. The molecule has 2 unspecified atom stereocenters. The van der Waals surface area contributed by atoms with Crippen molar-refractivity contribution in [3.8, 4) is 0 Å². The molecule has 0 saturated carbocycles. The summed E-state index contributed by atoms with van der Waals surface area (Å²) >= 11 is 4.00. The first kappa shape index (κ1) is 24.1. The molecule has 170 valence electrons. The van der Waals surface area contributed by atoms with Gasteiger partial charge in [-0.25, -0.2) is 0 Å². The normalized spacial score (nSPS) is 20.5. The second-order valence-electron chi connectivity index (χ2n) is 6.95. The van der Waals surface area contributed by atoms with Crippen LogP contribution in [0.2, 0.25) is 0 Å². The highest BCUT2D eigenvalue weighted by Crippen LogP contribution is 2.20. The standard InChI is InChI=1S/C18H26N6O4S3/c19-13(30-17(20)21-15(25)11-3-1-7-27-11)5-9-29-10-6-14-23-24-18(31-14)22-16(26)12-4-2-8-28-12/h11-12,19H,1-10H2,(H2,20,21,25)(H,22,24,26). The van der Waals surface area contributed by atoms with Crippen LogP contribution in [0.3, 0.4) is 0 Å². The molecule has 2 atom stereocenters. The van der Waals surface area contributed by atoms with E-state index in [9.17, 15) is 9.59 Å². The fraction of sp³-hybridized carbons (Fsp3) is 0.667. The van der Waals surface area contributed by atoms with E-state index in [1.165, 1.54) is 11.3 Å². The Morgan fingerprint density at radius 3 is 2.45 bits per heavy atom. The summed E-state index contributed by atoms with van der Waals surface area (Å²) < 4.78 is 10.6. The van der Waals surface area contributed by atoms with E-state index >= 15 is 0 Å². The number of amidine groups is 1. The Morgan fingerprint density at radius 1 is 1.06 bits per heavy atom. The second-order valence-corrected chi connectivity index (χ2v) is 10.3. The lowest BCUT2D eigenvalue weighted by atomic mass is 10.2. The van der Waals surface area contributed by atoms with Gasteiger partial charge in [0.2, 0.25) is 5.13 Å². The molecule has 2 fully saturated rings. The van der Waals surface area contributed by atoms with Crippen molar-refractivity contribution in [1.29, 1.82) is 10.8 Å². The zero-order valence-electron chi connectivity index (χ0n) is 17.0. The number of aromatic nitrogens is 2. The van der Waals surface area contributed by atoms with Crippen molar-refractivity contribution in [3.63, 3.8) is 0 Å².